The number of rotatable bonds is 4. The monoisotopic (exact) mass is 233 g/mol. The fraction of sp³-hybridized carbons (Fsp3) is 0.357. The molecule has 3 heteroatoms. The van der Waals surface area contributed by atoms with Crippen LogP contribution in [0.15, 0.2) is 36.4 Å². The number of nitrogens with one attached hydrogen (secondary N) is 1. The van der Waals surface area contributed by atoms with E-state index in [0.29, 0.717) is 6.54 Å². The van der Waals surface area contributed by atoms with Gasteiger partial charge in [0.25, 0.3) is 0 Å². The van der Waals surface area contributed by atoms with E-state index in [1.807, 2.05) is 6.92 Å². The highest BCUT2D eigenvalue weighted by atomic mass is 19.1. The number of carbonyl (C=O) groups excluding carboxylic acids is 1. The SMILES string of the molecule is C=C(C)CNC(=O)C1(c2ccc(F)cc2)CC1. The molecule has 1 saturated carbocycles. The molecule has 0 spiro atoms. The molecule has 1 fully saturated rings. The van der Waals surface area contributed by atoms with Gasteiger partial charge in [0.05, 0.1) is 5.41 Å². The van der Waals surface area contributed by atoms with Crippen molar-refractivity contribution < 1.29 is 9.18 Å². The molecule has 2 nitrogen and oxygen atoms in total. The molecular formula is C14H16FNO. The number of benzene rings is 1. The lowest BCUT2D eigenvalue weighted by Gasteiger charge is -2.15. The number of halogens is 1. The number of hydrogen-bond donors (Lipinski definition) is 1. The molecule has 0 aliphatic heterocycles. The fourth-order valence-corrected chi connectivity index (χ4v) is 1.94. The molecule has 0 radical (unpaired) electrons. The number of amides is 1. The van der Waals surface area contributed by atoms with Crippen molar-refractivity contribution in [2.24, 2.45) is 0 Å². The van der Waals surface area contributed by atoms with Crippen LogP contribution in [0.4, 0.5) is 4.39 Å². The lowest BCUT2D eigenvalue weighted by atomic mass is 9.95. The van der Waals surface area contributed by atoms with E-state index in [1.165, 1.54) is 12.1 Å². The Morgan fingerprint density at radius 3 is 2.47 bits per heavy atom. The molecule has 1 aromatic carbocycles. The highest BCUT2D eigenvalue weighted by molar-refractivity contribution is 5.91. The lowest BCUT2D eigenvalue weighted by molar-refractivity contribution is -0.123. The van der Waals surface area contributed by atoms with Gasteiger partial charge in [-0.1, -0.05) is 24.3 Å². The van der Waals surface area contributed by atoms with E-state index in [4.69, 9.17) is 0 Å². The molecule has 1 N–H and O–H groups in total. The van der Waals surface area contributed by atoms with Crippen LogP contribution in [-0.4, -0.2) is 12.5 Å². The minimum atomic E-state index is -0.427. The van der Waals surface area contributed by atoms with Gasteiger partial charge in [0.15, 0.2) is 0 Å². The molecule has 1 aliphatic rings. The van der Waals surface area contributed by atoms with Gasteiger partial charge in [0, 0.05) is 6.54 Å². The maximum atomic E-state index is 12.8. The standard InChI is InChI=1S/C14H16FNO/c1-10(2)9-16-13(17)14(7-8-14)11-3-5-12(15)6-4-11/h3-6H,1,7-9H2,2H3,(H,16,17). The van der Waals surface area contributed by atoms with E-state index in [9.17, 15) is 9.18 Å². The Bertz CT molecular complexity index is 446. The van der Waals surface area contributed by atoms with Gasteiger partial charge in [0.2, 0.25) is 5.91 Å². The van der Waals surface area contributed by atoms with Crippen molar-refractivity contribution in [2.45, 2.75) is 25.2 Å². The van der Waals surface area contributed by atoms with E-state index in [2.05, 4.69) is 11.9 Å². The first-order valence-electron chi connectivity index (χ1n) is 5.73. The van der Waals surface area contributed by atoms with Crippen molar-refractivity contribution in [1.82, 2.24) is 5.32 Å². The Kier molecular flexibility index (Phi) is 3.01. The van der Waals surface area contributed by atoms with Gasteiger partial charge < -0.3 is 5.32 Å². The summed E-state index contributed by atoms with van der Waals surface area (Å²) in [6, 6.07) is 6.20. The summed E-state index contributed by atoms with van der Waals surface area (Å²) >= 11 is 0. The predicted octanol–water partition coefficient (Wildman–Crippen LogP) is 2.55. The zero-order valence-corrected chi connectivity index (χ0v) is 9.92. The van der Waals surface area contributed by atoms with Crippen molar-refractivity contribution in [3.63, 3.8) is 0 Å². The first-order chi connectivity index (χ1) is 8.04. The molecule has 1 amide bonds. The summed E-state index contributed by atoms with van der Waals surface area (Å²) in [5.41, 5.74) is 1.40. The second kappa shape index (κ2) is 4.32. The minimum Gasteiger partial charge on any atom is -0.352 e. The van der Waals surface area contributed by atoms with Crippen LogP contribution in [0.25, 0.3) is 0 Å². The average Bonchev–Trinajstić information content (AvgIpc) is 3.08. The molecule has 90 valence electrons. The van der Waals surface area contributed by atoms with Crippen LogP contribution >= 0.6 is 0 Å². The third-order valence-electron chi connectivity index (χ3n) is 3.13. The number of hydrogen-bond acceptors (Lipinski definition) is 1. The lowest BCUT2D eigenvalue weighted by Crippen LogP contribution is -2.35. The molecule has 0 bridgehead atoms. The van der Waals surface area contributed by atoms with Crippen molar-refractivity contribution in [3.05, 3.63) is 47.8 Å². The van der Waals surface area contributed by atoms with Gasteiger partial charge in [-0.3, -0.25) is 4.79 Å². The smallest absolute Gasteiger partial charge is 0.230 e. The van der Waals surface area contributed by atoms with Crippen molar-refractivity contribution in [3.8, 4) is 0 Å². The Balaban J connectivity index is 2.11. The highest BCUT2D eigenvalue weighted by Crippen LogP contribution is 2.48. The quantitative estimate of drug-likeness (QED) is 0.796. The third kappa shape index (κ3) is 2.38. The second-order valence-electron chi connectivity index (χ2n) is 4.73. The summed E-state index contributed by atoms with van der Waals surface area (Å²) in [6.45, 7) is 6.12. The van der Waals surface area contributed by atoms with Crippen molar-refractivity contribution >= 4 is 5.91 Å². The summed E-state index contributed by atoms with van der Waals surface area (Å²) < 4.78 is 12.8. The molecule has 0 saturated heterocycles. The Morgan fingerprint density at radius 2 is 2.00 bits per heavy atom. The normalized spacial score (nSPS) is 16.4. The van der Waals surface area contributed by atoms with Gasteiger partial charge in [0.1, 0.15) is 5.82 Å². The Morgan fingerprint density at radius 1 is 1.41 bits per heavy atom. The van der Waals surface area contributed by atoms with Gasteiger partial charge in [-0.15, -0.1) is 0 Å². The summed E-state index contributed by atoms with van der Waals surface area (Å²) in [6.07, 6.45) is 1.67. The van der Waals surface area contributed by atoms with Gasteiger partial charge in [-0.2, -0.15) is 0 Å². The van der Waals surface area contributed by atoms with Crippen LogP contribution in [0.3, 0.4) is 0 Å². The van der Waals surface area contributed by atoms with Crippen molar-refractivity contribution in [2.75, 3.05) is 6.54 Å². The summed E-state index contributed by atoms with van der Waals surface area (Å²) in [4.78, 5) is 12.1. The van der Waals surface area contributed by atoms with Gasteiger partial charge in [-0.05, 0) is 37.5 Å². The largest absolute Gasteiger partial charge is 0.352 e. The van der Waals surface area contributed by atoms with Crippen LogP contribution in [0.2, 0.25) is 0 Å². The summed E-state index contributed by atoms with van der Waals surface area (Å²) in [7, 11) is 0. The maximum absolute atomic E-state index is 12.8. The molecule has 17 heavy (non-hydrogen) atoms. The van der Waals surface area contributed by atoms with E-state index in [0.717, 1.165) is 24.0 Å². The van der Waals surface area contributed by atoms with Crippen LogP contribution in [-0.2, 0) is 10.2 Å². The first-order valence-corrected chi connectivity index (χ1v) is 5.73. The molecule has 0 atom stereocenters. The zero-order chi connectivity index (χ0) is 12.5. The van der Waals surface area contributed by atoms with Crippen LogP contribution in [0, 0.1) is 5.82 Å². The average molecular weight is 233 g/mol. The topological polar surface area (TPSA) is 29.1 Å². The third-order valence-corrected chi connectivity index (χ3v) is 3.13. The van der Waals surface area contributed by atoms with E-state index in [-0.39, 0.29) is 11.7 Å². The predicted molar refractivity (Wildman–Crippen MR) is 65.1 cm³/mol. The Labute approximate surface area is 101 Å². The number of carbonyl (C=O) groups is 1. The van der Waals surface area contributed by atoms with E-state index >= 15 is 0 Å². The van der Waals surface area contributed by atoms with E-state index in [1.54, 1.807) is 12.1 Å². The van der Waals surface area contributed by atoms with Crippen LogP contribution in [0.1, 0.15) is 25.3 Å². The van der Waals surface area contributed by atoms with E-state index < -0.39 is 5.41 Å². The fourth-order valence-electron chi connectivity index (χ4n) is 1.94. The van der Waals surface area contributed by atoms with Gasteiger partial charge >= 0.3 is 0 Å². The molecule has 2 rings (SSSR count). The molecule has 0 unspecified atom stereocenters. The summed E-state index contributed by atoms with van der Waals surface area (Å²) in [5, 5.41) is 2.87. The molecule has 1 aliphatic carbocycles. The molecule has 0 heterocycles. The molecule has 0 aromatic heterocycles. The molecular weight excluding hydrogens is 217 g/mol. The first kappa shape index (κ1) is 11.8. The minimum absolute atomic E-state index is 0.0205. The second-order valence-corrected chi connectivity index (χ2v) is 4.73. The molecule has 1 aromatic rings. The maximum Gasteiger partial charge on any atom is 0.230 e. The Hall–Kier alpha value is -1.64. The van der Waals surface area contributed by atoms with Crippen LogP contribution < -0.4 is 5.32 Å². The van der Waals surface area contributed by atoms with Crippen molar-refractivity contribution in [1.29, 1.82) is 0 Å². The highest BCUT2D eigenvalue weighted by Gasteiger charge is 2.50. The van der Waals surface area contributed by atoms with Gasteiger partial charge in [-0.25, -0.2) is 4.39 Å². The summed E-state index contributed by atoms with van der Waals surface area (Å²) in [5.74, 6) is -0.251. The zero-order valence-electron chi connectivity index (χ0n) is 9.92. The van der Waals surface area contributed by atoms with Crippen LogP contribution in [0.5, 0.6) is 0 Å².